The summed E-state index contributed by atoms with van der Waals surface area (Å²) in [4.78, 5) is 50.2. The van der Waals surface area contributed by atoms with Gasteiger partial charge in [0.25, 0.3) is 0 Å². The van der Waals surface area contributed by atoms with Gasteiger partial charge in [0, 0.05) is 13.0 Å². The van der Waals surface area contributed by atoms with Crippen LogP contribution in [0.15, 0.2) is 28.9 Å². The number of Topliss-reactive ketones (excluding diaryl/α,β-unsaturated/α-hetero) is 2. The van der Waals surface area contributed by atoms with Crippen LogP contribution in [0.25, 0.3) is 0 Å². The number of nitrogens with one attached hydrogen (secondary N) is 1. The Kier molecular flexibility index (Phi) is 5.53. The van der Waals surface area contributed by atoms with E-state index >= 15 is 4.39 Å². The number of carbonyl (C=O) groups excluding carboxylic acids is 4. The Morgan fingerprint density at radius 3 is 2.84 bits per heavy atom. The fraction of sp³-hybridized carbons (Fsp3) is 0.381. The average Bonchev–Trinajstić information content (AvgIpc) is 3.35. The first-order valence-electron chi connectivity index (χ1n) is 9.89. The molecular formula is C21H20FN3O6. The zero-order valence-electron chi connectivity index (χ0n) is 16.7. The van der Waals surface area contributed by atoms with Crippen molar-refractivity contribution in [3.05, 3.63) is 47.1 Å². The highest BCUT2D eigenvalue weighted by molar-refractivity contribution is 6.16. The maximum absolute atomic E-state index is 15.1. The van der Waals surface area contributed by atoms with Crippen LogP contribution in [0.2, 0.25) is 0 Å². The summed E-state index contributed by atoms with van der Waals surface area (Å²) < 4.78 is 25.2. The number of halogens is 1. The Hall–Kier alpha value is -3.56. The molecule has 31 heavy (non-hydrogen) atoms. The van der Waals surface area contributed by atoms with Gasteiger partial charge in [0.1, 0.15) is 11.9 Å². The van der Waals surface area contributed by atoms with Crippen LogP contribution in [-0.4, -0.2) is 47.9 Å². The summed E-state index contributed by atoms with van der Waals surface area (Å²) in [5.74, 6) is -3.27. The van der Waals surface area contributed by atoms with Gasteiger partial charge >= 0.3 is 6.09 Å². The highest BCUT2D eigenvalue weighted by atomic mass is 19.1. The van der Waals surface area contributed by atoms with Crippen molar-refractivity contribution < 1.29 is 32.8 Å². The van der Waals surface area contributed by atoms with E-state index in [0.29, 0.717) is 18.4 Å². The van der Waals surface area contributed by atoms with Gasteiger partial charge in [-0.25, -0.2) is 9.18 Å². The number of fused-ring (bicyclic) bond motifs is 1. The number of ether oxygens (including phenoxy) is 1. The molecule has 2 amide bonds. The van der Waals surface area contributed by atoms with E-state index in [2.05, 4.69) is 10.5 Å². The molecule has 0 saturated carbocycles. The molecule has 2 heterocycles. The number of aryl methyl sites for hydroxylation is 1. The van der Waals surface area contributed by atoms with E-state index in [1.165, 1.54) is 24.1 Å². The van der Waals surface area contributed by atoms with Crippen molar-refractivity contribution >= 4 is 29.3 Å². The number of anilines is 1. The van der Waals surface area contributed by atoms with Gasteiger partial charge in [-0.05, 0) is 37.0 Å². The summed E-state index contributed by atoms with van der Waals surface area (Å²) in [6, 6.07) is 4.05. The first-order valence-corrected chi connectivity index (χ1v) is 9.89. The van der Waals surface area contributed by atoms with Gasteiger partial charge in [-0.3, -0.25) is 19.3 Å². The minimum absolute atomic E-state index is 0.0381. The smallest absolute Gasteiger partial charge is 0.414 e. The van der Waals surface area contributed by atoms with E-state index in [9.17, 15) is 19.2 Å². The van der Waals surface area contributed by atoms with E-state index in [1.807, 2.05) is 0 Å². The van der Waals surface area contributed by atoms with Crippen LogP contribution >= 0.6 is 0 Å². The second-order valence-electron chi connectivity index (χ2n) is 7.57. The van der Waals surface area contributed by atoms with Crippen molar-refractivity contribution in [1.29, 1.82) is 0 Å². The first-order chi connectivity index (χ1) is 14.8. The fourth-order valence-corrected chi connectivity index (χ4v) is 3.94. The third-order valence-electron chi connectivity index (χ3n) is 5.42. The molecule has 9 nitrogen and oxygen atoms in total. The fourth-order valence-electron chi connectivity index (χ4n) is 3.94. The normalized spacial score (nSPS) is 20.8. The molecule has 162 valence electrons. The predicted octanol–water partition coefficient (Wildman–Crippen LogP) is 2.29. The monoisotopic (exact) mass is 429 g/mol. The predicted molar refractivity (Wildman–Crippen MR) is 104 cm³/mol. The summed E-state index contributed by atoms with van der Waals surface area (Å²) in [5, 5.41) is 6.06. The van der Waals surface area contributed by atoms with Crippen molar-refractivity contribution in [3.8, 4) is 0 Å². The molecule has 1 aromatic carbocycles. The first kappa shape index (κ1) is 20.7. The molecule has 2 aliphatic rings. The molecule has 1 fully saturated rings. The summed E-state index contributed by atoms with van der Waals surface area (Å²) in [6.07, 6.45) is 1.21. The number of hydrogen-bond donors (Lipinski definition) is 1. The summed E-state index contributed by atoms with van der Waals surface area (Å²) in [6.45, 7) is 1.64. The van der Waals surface area contributed by atoms with E-state index in [1.54, 1.807) is 6.07 Å². The van der Waals surface area contributed by atoms with Gasteiger partial charge in [0.2, 0.25) is 17.5 Å². The molecule has 4 rings (SSSR count). The van der Waals surface area contributed by atoms with Crippen LogP contribution in [-0.2, 0) is 16.0 Å². The topological polar surface area (TPSA) is 119 Å². The number of carbonyl (C=O) groups is 4. The maximum atomic E-state index is 15.1. The lowest BCUT2D eigenvalue weighted by atomic mass is 9.90. The number of amides is 2. The van der Waals surface area contributed by atoms with Gasteiger partial charge in [-0.15, -0.1) is 0 Å². The minimum atomic E-state index is -1.05. The Balaban J connectivity index is 1.59. The molecule has 0 bridgehead atoms. The van der Waals surface area contributed by atoms with Gasteiger partial charge in [-0.1, -0.05) is 5.16 Å². The van der Waals surface area contributed by atoms with Gasteiger partial charge in [0.15, 0.2) is 5.78 Å². The van der Waals surface area contributed by atoms with Crippen LogP contribution in [0.1, 0.15) is 46.2 Å². The third-order valence-corrected chi connectivity index (χ3v) is 5.42. The number of benzene rings is 1. The standard InChI is InChI=1S/C21H20FN3O6/c1-11(26)23-9-14-10-25(21(29)30-14)13-7-12-3-2-4-15(19(27)17-5-6-24-31-17)20(28)18(12)16(22)8-13/h5-8,14-15H,2-4,9-10H2,1H3,(H,23,26)/t14-,15-/m0/s1. The second-order valence-corrected chi connectivity index (χ2v) is 7.57. The van der Waals surface area contributed by atoms with E-state index in [-0.39, 0.29) is 42.4 Å². The molecule has 1 saturated heterocycles. The van der Waals surface area contributed by atoms with Gasteiger partial charge in [0.05, 0.1) is 36.5 Å². The molecule has 1 N–H and O–H groups in total. The van der Waals surface area contributed by atoms with Gasteiger partial charge in [-0.2, -0.15) is 0 Å². The number of hydrogen-bond acceptors (Lipinski definition) is 7. The Bertz CT molecular complexity index is 1050. The number of nitrogens with zero attached hydrogens (tertiary/aromatic N) is 2. The quantitative estimate of drug-likeness (QED) is 0.440. The number of aromatic nitrogens is 1. The zero-order chi connectivity index (χ0) is 22.1. The summed E-state index contributed by atoms with van der Waals surface area (Å²) in [5.41, 5.74) is 0.562. The lowest BCUT2D eigenvalue weighted by Gasteiger charge is -2.17. The third kappa shape index (κ3) is 4.05. The molecule has 2 aromatic rings. The van der Waals surface area contributed by atoms with Crippen LogP contribution in [0.4, 0.5) is 14.9 Å². The lowest BCUT2D eigenvalue weighted by molar-refractivity contribution is -0.119. The molecule has 2 atom stereocenters. The van der Waals surface area contributed by atoms with Crippen molar-refractivity contribution in [2.24, 2.45) is 5.92 Å². The summed E-state index contributed by atoms with van der Waals surface area (Å²) >= 11 is 0. The van der Waals surface area contributed by atoms with Crippen LogP contribution < -0.4 is 10.2 Å². The van der Waals surface area contributed by atoms with Crippen molar-refractivity contribution in [3.63, 3.8) is 0 Å². The molecule has 0 unspecified atom stereocenters. The Morgan fingerprint density at radius 2 is 2.13 bits per heavy atom. The van der Waals surface area contributed by atoms with Crippen LogP contribution in [0.5, 0.6) is 0 Å². The van der Waals surface area contributed by atoms with E-state index in [0.717, 1.165) is 6.07 Å². The Morgan fingerprint density at radius 1 is 1.32 bits per heavy atom. The SMILES string of the molecule is CC(=O)NC[C@H]1CN(c2cc(F)c3c(c2)CCC[C@@H](C(=O)c2ccno2)C3=O)C(=O)O1. The highest BCUT2D eigenvalue weighted by Crippen LogP contribution is 2.33. The minimum Gasteiger partial charge on any atom is -0.442 e. The van der Waals surface area contributed by atoms with Crippen molar-refractivity contribution in [2.75, 3.05) is 18.0 Å². The highest BCUT2D eigenvalue weighted by Gasteiger charge is 2.37. The molecule has 1 aromatic heterocycles. The number of ketones is 2. The van der Waals surface area contributed by atoms with E-state index in [4.69, 9.17) is 9.26 Å². The van der Waals surface area contributed by atoms with E-state index < -0.39 is 35.5 Å². The molecule has 0 spiro atoms. The van der Waals surface area contributed by atoms with Gasteiger partial charge < -0.3 is 14.6 Å². The average molecular weight is 429 g/mol. The summed E-state index contributed by atoms with van der Waals surface area (Å²) in [7, 11) is 0. The van der Waals surface area contributed by atoms with Crippen molar-refractivity contribution in [2.45, 2.75) is 32.3 Å². The molecular weight excluding hydrogens is 409 g/mol. The lowest BCUT2D eigenvalue weighted by Crippen LogP contribution is -2.33. The second kappa shape index (κ2) is 8.29. The maximum Gasteiger partial charge on any atom is 0.414 e. The molecule has 1 aliphatic carbocycles. The molecule has 1 aliphatic heterocycles. The zero-order valence-corrected chi connectivity index (χ0v) is 16.7. The largest absolute Gasteiger partial charge is 0.442 e. The van der Waals surface area contributed by atoms with Crippen LogP contribution in [0.3, 0.4) is 0 Å². The number of cyclic esters (lactones) is 1. The molecule has 10 heteroatoms. The number of rotatable bonds is 5. The van der Waals surface area contributed by atoms with Crippen LogP contribution in [0, 0.1) is 11.7 Å². The Labute approximate surface area is 176 Å². The molecule has 0 radical (unpaired) electrons. The van der Waals surface area contributed by atoms with Crippen molar-refractivity contribution in [1.82, 2.24) is 10.5 Å².